The van der Waals surface area contributed by atoms with Crippen molar-refractivity contribution in [3.8, 4) is 0 Å². The van der Waals surface area contributed by atoms with Crippen LogP contribution in [0.1, 0.15) is 79.0 Å². The number of hydrogen-bond donors (Lipinski definition) is 2. The fourth-order valence-electron chi connectivity index (χ4n) is 5.08. The van der Waals surface area contributed by atoms with Crippen molar-refractivity contribution in [1.29, 1.82) is 0 Å². The van der Waals surface area contributed by atoms with Crippen molar-refractivity contribution in [2.45, 2.75) is 71.5 Å². The van der Waals surface area contributed by atoms with E-state index in [2.05, 4.69) is 48.6 Å². The van der Waals surface area contributed by atoms with Crippen molar-refractivity contribution >= 4 is 40.1 Å². The molecule has 2 N–H and O–H groups in total. The number of aromatic nitrogens is 2. The molecule has 0 saturated heterocycles. The van der Waals surface area contributed by atoms with Gasteiger partial charge in [-0.15, -0.1) is 11.3 Å². The van der Waals surface area contributed by atoms with Crippen molar-refractivity contribution in [3.05, 3.63) is 58.3 Å². The molecule has 0 radical (unpaired) electrons. The molecule has 1 saturated carbocycles. The predicted octanol–water partition coefficient (Wildman–Crippen LogP) is 6.55. The highest BCUT2D eigenvalue weighted by Crippen LogP contribution is 2.36. The van der Waals surface area contributed by atoms with Gasteiger partial charge in [-0.3, -0.25) is 14.9 Å². The summed E-state index contributed by atoms with van der Waals surface area (Å²) < 4.78 is 28.3. The molecule has 2 amide bonds. The van der Waals surface area contributed by atoms with Crippen molar-refractivity contribution in [1.82, 2.24) is 19.8 Å². The third kappa shape index (κ3) is 6.91. The van der Waals surface area contributed by atoms with Gasteiger partial charge >= 0.3 is 0 Å². The summed E-state index contributed by atoms with van der Waals surface area (Å²) in [6.45, 7) is 11.7. The lowest BCUT2D eigenvalue weighted by molar-refractivity contribution is -0.127. The Bertz CT molecular complexity index is 1340. The molecule has 10 heteroatoms. The lowest BCUT2D eigenvalue weighted by atomic mass is 9.90. The van der Waals surface area contributed by atoms with Gasteiger partial charge in [0.15, 0.2) is 0 Å². The number of anilines is 1. The SMILES string of the molecule is C=CC(=O)N(C)C1CCC(n2c(NC(=O)c3ccc(C(F)F)s3)nc3cc(CNCC(C)(C)C)ccc32)CC1. The van der Waals surface area contributed by atoms with Gasteiger partial charge in [0.25, 0.3) is 12.3 Å². The van der Waals surface area contributed by atoms with E-state index in [1.54, 1.807) is 11.9 Å². The van der Waals surface area contributed by atoms with Crippen molar-refractivity contribution in [3.63, 3.8) is 0 Å². The molecule has 2 aromatic heterocycles. The summed E-state index contributed by atoms with van der Waals surface area (Å²) in [5.41, 5.74) is 2.92. The molecule has 0 bridgehead atoms. The second-order valence-corrected chi connectivity index (χ2v) is 12.5. The molecule has 0 atom stereocenters. The molecule has 7 nitrogen and oxygen atoms in total. The highest BCUT2D eigenvalue weighted by molar-refractivity contribution is 7.14. The summed E-state index contributed by atoms with van der Waals surface area (Å²) in [6.07, 6.45) is 1.94. The Balaban J connectivity index is 1.61. The number of hydrogen-bond acceptors (Lipinski definition) is 5. The Labute approximate surface area is 232 Å². The second kappa shape index (κ2) is 12.0. The maximum absolute atomic E-state index is 13.1. The van der Waals surface area contributed by atoms with Gasteiger partial charge in [0.05, 0.1) is 20.8 Å². The standard InChI is InChI=1S/C29H37F2N5O2S/c1-6-25(37)35(5)19-8-10-20(11-9-19)36-22-12-7-18(16-32-17-29(2,3)4)15-21(22)33-28(36)34-27(38)24-14-13-23(39-24)26(30)31/h6-7,12-15,19-20,26,32H,1,8-11,16-17H2,2-5H3,(H,33,34,38). The average Bonchev–Trinajstić information content (AvgIpc) is 3.52. The van der Waals surface area contributed by atoms with Crippen LogP contribution >= 0.6 is 11.3 Å². The number of nitrogens with one attached hydrogen (secondary N) is 2. The smallest absolute Gasteiger partial charge is 0.272 e. The minimum atomic E-state index is -2.62. The van der Waals surface area contributed by atoms with Crippen LogP contribution in [0.2, 0.25) is 0 Å². The monoisotopic (exact) mass is 557 g/mol. The number of rotatable bonds is 9. The fraction of sp³-hybridized carbons (Fsp3) is 0.483. The van der Waals surface area contributed by atoms with Crippen LogP contribution in [0, 0.1) is 5.41 Å². The van der Waals surface area contributed by atoms with Crippen LogP contribution in [0.3, 0.4) is 0 Å². The van der Waals surface area contributed by atoms with Gasteiger partial charge in [-0.2, -0.15) is 0 Å². The van der Waals surface area contributed by atoms with Crippen molar-refractivity contribution < 1.29 is 18.4 Å². The van der Waals surface area contributed by atoms with Gasteiger partial charge in [-0.05, 0) is 67.0 Å². The zero-order chi connectivity index (χ0) is 28.3. The van der Waals surface area contributed by atoms with Crippen LogP contribution in [0.5, 0.6) is 0 Å². The summed E-state index contributed by atoms with van der Waals surface area (Å²) in [7, 11) is 1.80. The molecule has 1 aliphatic rings. The molecule has 0 unspecified atom stereocenters. The summed E-state index contributed by atoms with van der Waals surface area (Å²) in [4.78, 5) is 31.8. The first-order valence-corrected chi connectivity index (χ1v) is 14.1. The van der Waals surface area contributed by atoms with Crippen molar-refractivity contribution in [2.75, 3.05) is 18.9 Å². The van der Waals surface area contributed by atoms with E-state index < -0.39 is 12.3 Å². The first kappa shape index (κ1) is 28.9. The van der Waals surface area contributed by atoms with Crippen LogP contribution in [0.15, 0.2) is 43.0 Å². The Morgan fingerprint density at radius 3 is 2.54 bits per heavy atom. The number of halogens is 2. The fourth-order valence-corrected chi connectivity index (χ4v) is 5.84. The van der Waals surface area contributed by atoms with Gasteiger partial charge in [-0.1, -0.05) is 33.4 Å². The molecule has 1 aromatic carbocycles. The van der Waals surface area contributed by atoms with E-state index in [-0.39, 0.29) is 33.2 Å². The van der Waals surface area contributed by atoms with Crippen LogP contribution < -0.4 is 10.6 Å². The number of likely N-dealkylation sites (N-methyl/N-ethyl adjacent to an activating group) is 1. The minimum Gasteiger partial charge on any atom is -0.339 e. The summed E-state index contributed by atoms with van der Waals surface area (Å²) in [6, 6.07) is 9.03. The van der Waals surface area contributed by atoms with Gasteiger partial charge in [0, 0.05) is 32.2 Å². The summed E-state index contributed by atoms with van der Waals surface area (Å²) in [5.74, 6) is -0.146. The zero-order valence-corrected chi connectivity index (χ0v) is 23.8. The summed E-state index contributed by atoms with van der Waals surface area (Å²) >= 11 is 0.786. The van der Waals surface area contributed by atoms with Gasteiger partial charge in [0.2, 0.25) is 11.9 Å². The lowest BCUT2D eigenvalue weighted by Gasteiger charge is -2.35. The van der Waals surface area contributed by atoms with Crippen LogP contribution in [0.4, 0.5) is 14.7 Å². The Hall–Kier alpha value is -3.11. The largest absolute Gasteiger partial charge is 0.339 e. The second-order valence-electron chi connectivity index (χ2n) is 11.4. The Morgan fingerprint density at radius 2 is 1.92 bits per heavy atom. The summed E-state index contributed by atoms with van der Waals surface area (Å²) in [5, 5.41) is 6.38. The molecule has 2 heterocycles. The number of imidazole rings is 1. The number of alkyl halides is 2. The molecular weight excluding hydrogens is 520 g/mol. The number of amides is 2. The molecule has 0 aliphatic heterocycles. The lowest BCUT2D eigenvalue weighted by Crippen LogP contribution is -2.39. The van der Waals surface area contributed by atoms with Gasteiger partial charge < -0.3 is 14.8 Å². The Kier molecular flexibility index (Phi) is 8.86. The number of fused-ring (bicyclic) bond motifs is 1. The third-order valence-corrected chi connectivity index (χ3v) is 8.22. The van der Waals surface area contributed by atoms with Gasteiger partial charge in [0.1, 0.15) is 0 Å². The average molecular weight is 558 g/mol. The Morgan fingerprint density at radius 1 is 1.21 bits per heavy atom. The zero-order valence-electron chi connectivity index (χ0n) is 23.0. The quantitative estimate of drug-likeness (QED) is 0.293. The first-order chi connectivity index (χ1) is 18.5. The first-order valence-electron chi connectivity index (χ1n) is 13.3. The molecule has 1 aliphatic carbocycles. The highest BCUT2D eigenvalue weighted by Gasteiger charge is 2.29. The topological polar surface area (TPSA) is 79.3 Å². The van der Waals surface area contributed by atoms with E-state index in [1.807, 2.05) is 12.1 Å². The highest BCUT2D eigenvalue weighted by atomic mass is 32.1. The molecule has 210 valence electrons. The molecule has 39 heavy (non-hydrogen) atoms. The molecule has 4 rings (SSSR count). The van der Waals surface area contributed by atoms with E-state index in [0.717, 1.165) is 60.2 Å². The number of carbonyl (C=O) groups is 2. The predicted molar refractivity (Wildman–Crippen MR) is 152 cm³/mol. The number of carbonyl (C=O) groups excluding carboxylic acids is 2. The van der Waals surface area contributed by atoms with Crippen LogP contribution in [0.25, 0.3) is 11.0 Å². The van der Waals surface area contributed by atoms with E-state index in [1.165, 1.54) is 18.2 Å². The molecule has 1 fully saturated rings. The van der Waals surface area contributed by atoms with E-state index in [0.29, 0.717) is 12.5 Å². The van der Waals surface area contributed by atoms with Crippen LogP contribution in [-0.4, -0.2) is 45.9 Å². The van der Waals surface area contributed by atoms with E-state index in [9.17, 15) is 18.4 Å². The molecular formula is C29H37F2N5O2S. The van der Waals surface area contributed by atoms with E-state index >= 15 is 0 Å². The maximum atomic E-state index is 13.1. The maximum Gasteiger partial charge on any atom is 0.272 e. The van der Waals surface area contributed by atoms with Gasteiger partial charge in [-0.25, -0.2) is 13.8 Å². The number of thiophene rings is 1. The number of nitrogens with zero attached hydrogens (tertiary/aromatic N) is 3. The normalized spacial score (nSPS) is 17.9. The number of benzene rings is 1. The molecule has 0 spiro atoms. The third-order valence-electron chi connectivity index (χ3n) is 7.13. The molecule has 3 aromatic rings. The van der Waals surface area contributed by atoms with Crippen LogP contribution in [-0.2, 0) is 11.3 Å². The minimum absolute atomic E-state index is 0.0682. The van der Waals surface area contributed by atoms with E-state index in [4.69, 9.17) is 4.98 Å². The van der Waals surface area contributed by atoms with Crippen molar-refractivity contribution in [2.24, 2.45) is 5.41 Å².